The van der Waals surface area contributed by atoms with Crippen LogP contribution in [-0.2, 0) is 6.42 Å². The molecule has 0 amide bonds. The maximum absolute atomic E-state index is 4.99. The largest absolute Gasteiger partial charge is 0.358 e. The van der Waals surface area contributed by atoms with E-state index in [1.807, 2.05) is 12.1 Å². The van der Waals surface area contributed by atoms with Crippen molar-refractivity contribution in [2.75, 3.05) is 6.54 Å². The third-order valence-electron chi connectivity index (χ3n) is 2.17. The zero-order valence-electron chi connectivity index (χ0n) is 9.94. The molecule has 0 unspecified atom stereocenters. The third kappa shape index (κ3) is 5.26. The van der Waals surface area contributed by atoms with Crippen LogP contribution >= 0.6 is 12.2 Å². The molecule has 0 atom stereocenters. The van der Waals surface area contributed by atoms with Crippen molar-refractivity contribution in [2.24, 2.45) is 5.10 Å². The summed E-state index contributed by atoms with van der Waals surface area (Å²) in [5.41, 5.74) is 5.10. The van der Waals surface area contributed by atoms with E-state index in [9.17, 15) is 0 Å². The third-order valence-corrected chi connectivity index (χ3v) is 2.41. The summed E-state index contributed by atoms with van der Waals surface area (Å²) >= 11 is 4.99. The van der Waals surface area contributed by atoms with Crippen molar-refractivity contribution in [3.05, 3.63) is 48.0 Å². The summed E-state index contributed by atoms with van der Waals surface area (Å²) in [5.74, 6) is 0. The first kappa shape index (κ1) is 13.4. The summed E-state index contributed by atoms with van der Waals surface area (Å²) in [4.78, 5) is 0. The van der Waals surface area contributed by atoms with Gasteiger partial charge in [-0.25, -0.2) is 0 Å². The Morgan fingerprint density at radius 3 is 2.71 bits per heavy atom. The van der Waals surface area contributed by atoms with Gasteiger partial charge >= 0.3 is 0 Å². The SMILES string of the molecule is C=CCNC(=S)N/N=C/c1ccc(CC)cc1. The van der Waals surface area contributed by atoms with E-state index in [0.717, 1.165) is 12.0 Å². The zero-order valence-corrected chi connectivity index (χ0v) is 10.8. The van der Waals surface area contributed by atoms with E-state index in [2.05, 4.69) is 41.5 Å². The summed E-state index contributed by atoms with van der Waals surface area (Å²) in [6.07, 6.45) is 4.52. The van der Waals surface area contributed by atoms with Crippen molar-refractivity contribution in [3.63, 3.8) is 0 Å². The fourth-order valence-corrected chi connectivity index (χ4v) is 1.35. The number of nitrogens with one attached hydrogen (secondary N) is 2. The molecule has 3 nitrogen and oxygen atoms in total. The summed E-state index contributed by atoms with van der Waals surface area (Å²) in [7, 11) is 0. The lowest BCUT2D eigenvalue weighted by atomic mass is 10.1. The molecule has 0 aliphatic carbocycles. The second-order valence-electron chi connectivity index (χ2n) is 3.46. The standard InChI is InChI=1S/C13H17N3S/c1-3-9-14-13(17)16-15-10-12-7-5-11(4-2)6-8-12/h3,5-8,10H,1,4,9H2,2H3,(H2,14,16,17)/b15-10+. The Morgan fingerprint density at radius 1 is 1.41 bits per heavy atom. The van der Waals surface area contributed by atoms with Crippen LogP contribution in [0.4, 0.5) is 0 Å². The Bertz CT molecular complexity index is 396. The van der Waals surface area contributed by atoms with Crippen LogP contribution in [0.2, 0.25) is 0 Å². The molecule has 4 heteroatoms. The molecular weight excluding hydrogens is 230 g/mol. The molecule has 0 radical (unpaired) electrons. The van der Waals surface area contributed by atoms with E-state index in [0.29, 0.717) is 11.7 Å². The molecule has 0 saturated heterocycles. The van der Waals surface area contributed by atoms with Gasteiger partial charge in [-0.05, 0) is 29.8 Å². The van der Waals surface area contributed by atoms with Crippen LogP contribution < -0.4 is 10.7 Å². The van der Waals surface area contributed by atoms with Gasteiger partial charge in [0.1, 0.15) is 0 Å². The molecule has 0 heterocycles. The lowest BCUT2D eigenvalue weighted by Gasteiger charge is -2.03. The Kier molecular flexibility index (Phi) is 5.96. The van der Waals surface area contributed by atoms with Gasteiger partial charge in [0.15, 0.2) is 5.11 Å². The minimum atomic E-state index is 0.492. The molecule has 0 saturated carbocycles. The second kappa shape index (κ2) is 7.57. The maximum atomic E-state index is 4.99. The van der Waals surface area contributed by atoms with E-state index < -0.39 is 0 Å². The second-order valence-corrected chi connectivity index (χ2v) is 3.87. The predicted octanol–water partition coefficient (Wildman–Crippen LogP) is 2.23. The van der Waals surface area contributed by atoms with E-state index in [1.165, 1.54) is 5.56 Å². The monoisotopic (exact) mass is 247 g/mol. The van der Waals surface area contributed by atoms with Crippen LogP contribution in [0.25, 0.3) is 0 Å². The minimum absolute atomic E-state index is 0.492. The molecule has 90 valence electrons. The first-order valence-electron chi connectivity index (χ1n) is 5.53. The van der Waals surface area contributed by atoms with E-state index in [4.69, 9.17) is 12.2 Å². The molecule has 0 aromatic heterocycles. The van der Waals surface area contributed by atoms with Gasteiger partial charge in [-0.2, -0.15) is 5.10 Å². The van der Waals surface area contributed by atoms with Crippen LogP contribution in [0.15, 0.2) is 42.0 Å². The topological polar surface area (TPSA) is 36.4 Å². The van der Waals surface area contributed by atoms with Crippen LogP contribution in [-0.4, -0.2) is 17.9 Å². The smallest absolute Gasteiger partial charge is 0.187 e. The molecule has 2 N–H and O–H groups in total. The normalized spacial score (nSPS) is 10.2. The van der Waals surface area contributed by atoms with Gasteiger partial charge in [0.2, 0.25) is 0 Å². The lowest BCUT2D eigenvalue weighted by Crippen LogP contribution is -2.31. The summed E-state index contributed by atoms with van der Waals surface area (Å²) in [6, 6.07) is 8.25. The average molecular weight is 247 g/mol. The number of thiocarbonyl (C=S) groups is 1. The molecule has 0 spiro atoms. The number of nitrogens with zero attached hydrogens (tertiary/aromatic N) is 1. The fourth-order valence-electron chi connectivity index (χ4n) is 1.21. The van der Waals surface area contributed by atoms with Gasteiger partial charge in [0.25, 0.3) is 0 Å². The van der Waals surface area contributed by atoms with Crippen molar-refractivity contribution >= 4 is 23.5 Å². The number of hydrogen-bond acceptors (Lipinski definition) is 2. The Balaban J connectivity index is 2.42. The number of benzene rings is 1. The van der Waals surface area contributed by atoms with Gasteiger partial charge in [0.05, 0.1) is 6.21 Å². The number of rotatable bonds is 5. The molecular formula is C13H17N3S. The first-order chi connectivity index (χ1) is 8.26. The maximum Gasteiger partial charge on any atom is 0.187 e. The van der Waals surface area contributed by atoms with E-state index in [1.54, 1.807) is 12.3 Å². The fraction of sp³-hybridized carbons (Fsp3) is 0.231. The van der Waals surface area contributed by atoms with Gasteiger partial charge < -0.3 is 5.32 Å². The van der Waals surface area contributed by atoms with Gasteiger partial charge in [-0.1, -0.05) is 37.3 Å². The highest BCUT2D eigenvalue weighted by Gasteiger charge is 1.91. The molecule has 0 fully saturated rings. The Morgan fingerprint density at radius 2 is 2.12 bits per heavy atom. The average Bonchev–Trinajstić information content (AvgIpc) is 2.37. The van der Waals surface area contributed by atoms with Crippen LogP contribution in [0.3, 0.4) is 0 Å². The first-order valence-corrected chi connectivity index (χ1v) is 5.93. The summed E-state index contributed by atoms with van der Waals surface area (Å²) < 4.78 is 0. The molecule has 1 aromatic carbocycles. The minimum Gasteiger partial charge on any atom is -0.358 e. The lowest BCUT2D eigenvalue weighted by molar-refractivity contribution is 0.941. The number of hydrogen-bond donors (Lipinski definition) is 2. The van der Waals surface area contributed by atoms with Crippen molar-refractivity contribution in [1.29, 1.82) is 0 Å². The van der Waals surface area contributed by atoms with Crippen molar-refractivity contribution in [2.45, 2.75) is 13.3 Å². The number of aryl methyl sites for hydroxylation is 1. The van der Waals surface area contributed by atoms with Gasteiger partial charge in [0, 0.05) is 6.54 Å². The van der Waals surface area contributed by atoms with Crippen LogP contribution in [0, 0.1) is 0 Å². The number of hydrazone groups is 1. The van der Waals surface area contributed by atoms with Gasteiger partial charge in [-0.15, -0.1) is 6.58 Å². The molecule has 0 aliphatic heterocycles. The Labute approximate surface area is 108 Å². The summed E-state index contributed by atoms with van der Waals surface area (Å²) in [5, 5.41) is 7.45. The molecule has 17 heavy (non-hydrogen) atoms. The molecule has 0 bridgehead atoms. The summed E-state index contributed by atoms with van der Waals surface area (Å²) in [6.45, 7) is 6.35. The zero-order chi connectivity index (χ0) is 12.5. The highest BCUT2D eigenvalue weighted by atomic mass is 32.1. The van der Waals surface area contributed by atoms with E-state index >= 15 is 0 Å². The van der Waals surface area contributed by atoms with Crippen LogP contribution in [0.5, 0.6) is 0 Å². The quantitative estimate of drug-likeness (QED) is 0.362. The van der Waals surface area contributed by atoms with Crippen LogP contribution in [0.1, 0.15) is 18.1 Å². The van der Waals surface area contributed by atoms with Gasteiger partial charge in [-0.3, -0.25) is 5.43 Å². The highest BCUT2D eigenvalue weighted by molar-refractivity contribution is 7.80. The molecule has 1 rings (SSSR count). The van der Waals surface area contributed by atoms with Crippen molar-refractivity contribution < 1.29 is 0 Å². The van der Waals surface area contributed by atoms with E-state index in [-0.39, 0.29) is 0 Å². The predicted molar refractivity (Wildman–Crippen MR) is 77.3 cm³/mol. The van der Waals surface area contributed by atoms with Crippen molar-refractivity contribution in [1.82, 2.24) is 10.7 Å². The Hall–Kier alpha value is -1.68. The highest BCUT2D eigenvalue weighted by Crippen LogP contribution is 2.02. The molecule has 0 aliphatic rings. The molecule has 1 aromatic rings. The van der Waals surface area contributed by atoms with Crippen molar-refractivity contribution in [3.8, 4) is 0 Å².